The first-order valence-electron chi connectivity index (χ1n) is 4.41. The van der Waals surface area contributed by atoms with Crippen molar-refractivity contribution in [3.05, 3.63) is 29.6 Å². The minimum atomic E-state index is 0.546. The predicted molar refractivity (Wildman–Crippen MR) is 62.4 cm³/mol. The Morgan fingerprint density at radius 1 is 1.73 bits per heavy atom. The third-order valence-corrected chi connectivity index (χ3v) is 2.51. The Kier molecular flexibility index (Phi) is 4.64. The molecule has 0 fully saturated rings. The summed E-state index contributed by atoms with van der Waals surface area (Å²) in [5.74, 6) is 0. The molecule has 4 nitrogen and oxygen atoms in total. The zero-order valence-corrected chi connectivity index (χ0v) is 9.51. The van der Waals surface area contributed by atoms with Gasteiger partial charge in [-0.3, -0.25) is 15.3 Å². The third-order valence-electron chi connectivity index (χ3n) is 1.90. The number of hydrogen-bond acceptors (Lipinski definition) is 4. The molecule has 0 radical (unpaired) electrons. The first-order valence-corrected chi connectivity index (χ1v) is 5.63. The molecule has 0 saturated carbocycles. The van der Waals surface area contributed by atoms with E-state index >= 15 is 0 Å². The molecule has 15 heavy (non-hydrogen) atoms. The van der Waals surface area contributed by atoms with Crippen LogP contribution in [-0.4, -0.2) is 16.4 Å². The van der Waals surface area contributed by atoms with Gasteiger partial charge in [-0.05, 0) is 30.4 Å². The lowest BCUT2D eigenvalue weighted by atomic mass is 10.2. The summed E-state index contributed by atoms with van der Waals surface area (Å²) < 4.78 is 0. The van der Waals surface area contributed by atoms with E-state index in [9.17, 15) is 0 Å². The molecule has 0 aliphatic heterocycles. The van der Waals surface area contributed by atoms with Crippen molar-refractivity contribution in [2.75, 3.05) is 6.26 Å². The van der Waals surface area contributed by atoms with Crippen LogP contribution in [0.25, 0.3) is 0 Å². The van der Waals surface area contributed by atoms with Gasteiger partial charge in [0, 0.05) is 12.4 Å². The van der Waals surface area contributed by atoms with Gasteiger partial charge in [-0.25, -0.2) is 0 Å². The average molecular weight is 220 g/mol. The number of hydrogen-bond donors (Lipinski definition) is 1. The molecule has 0 saturated heterocycles. The summed E-state index contributed by atoms with van der Waals surface area (Å²) in [6.45, 7) is 2.56. The van der Waals surface area contributed by atoms with Crippen molar-refractivity contribution in [3.8, 4) is 6.19 Å². The summed E-state index contributed by atoms with van der Waals surface area (Å²) in [5, 5.41) is 11.6. The fraction of sp³-hybridized carbons (Fsp3) is 0.300. The van der Waals surface area contributed by atoms with Crippen LogP contribution in [0.5, 0.6) is 0 Å². The van der Waals surface area contributed by atoms with Gasteiger partial charge in [0.25, 0.3) is 0 Å². The number of pyridine rings is 1. The largest absolute Gasteiger partial charge is 0.272 e. The number of nitriles is 1. The molecule has 1 aromatic heterocycles. The summed E-state index contributed by atoms with van der Waals surface area (Å²) in [7, 11) is 0. The SMILES string of the molecule is CSC(=NCc1cnccc1C)NC#N. The van der Waals surface area contributed by atoms with Gasteiger partial charge in [0.1, 0.15) is 0 Å². The molecule has 0 atom stereocenters. The molecule has 0 amide bonds. The molecule has 5 heteroatoms. The normalized spacial score (nSPS) is 10.9. The van der Waals surface area contributed by atoms with Crippen LogP contribution in [0.3, 0.4) is 0 Å². The number of nitrogens with zero attached hydrogens (tertiary/aromatic N) is 3. The number of aromatic nitrogens is 1. The summed E-state index contributed by atoms with van der Waals surface area (Å²) in [6, 6.07) is 1.95. The third kappa shape index (κ3) is 3.60. The number of thioether (sulfide) groups is 1. The Hall–Kier alpha value is -1.54. The minimum Gasteiger partial charge on any atom is -0.272 e. The summed E-state index contributed by atoms with van der Waals surface area (Å²) in [5.41, 5.74) is 2.23. The van der Waals surface area contributed by atoms with Gasteiger partial charge >= 0.3 is 0 Å². The van der Waals surface area contributed by atoms with Crippen molar-refractivity contribution in [2.24, 2.45) is 4.99 Å². The van der Waals surface area contributed by atoms with Crippen molar-refractivity contribution in [3.63, 3.8) is 0 Å². The fourth-order valence-corrected chi connectivity index (χ4v) is 1.36. The highest BCUT2D eigenvalue weighted by molar-refractivity contribution is 8.13. The molecule has 1 rings (SSSR count). The van der Waals surface area contributed by atoms with Gasteiger partial charge in [-0.15, -0.1) is 0 Å². The van der Waals surface area contributed by atoms with E-state index < -0.39 is 0 Å². The maximum Gasteiger partial charge on any atom is 0.183 e. The fourth-order valence-electron chi connectivity index (χ4n) is 1.02. The number of rotatable bonds is 2. The molecule has 78 valence electrons. The molecule has 1 N–H and O–H groups in total. The molecule has 1 aromatic rings. The Labute approximate surface area is 93.4 Å². The minimum absolute atomic E-state index is 0.546. The maximum absolute atomic E-state index is 8.45. The Bertz CT molecular complexity index is 395. The monoisotopic (exact) mass is 220 g/mol. The van der Waals surface area contributed by atoms with Crippen molar-refractivity contribution < 1.29 is 0 Å². The van der Waals surface area contributed by atoms with E-state index in [1.807, 2.05) is 25.4 Å². The Morgan fingerprint density at radius 2 is 2.53 bits per heavy atom. The van der Waals surface area contributed by atoms with Crippen molar-refractivity contribution >= 4 is 16.9 Å². The highest BCUT2D eigenvalue weighted by Gasteiger charge is 1.98. The lowest BCUT2D eigenvalue weighted by molar-refractivity contribution is 1.02. The first kappa shape index (κ1) is 11.5. The second kappa shape index (κ2) is 6.04. The average Bonchev–Trinajstić information content (AvgIpc) is 2.26. The van der Waals surface area contributed by atoms with Gasteiger partial charge in [0.2, 0.25) is 0 Å². The smallest absolute Gasteiger partial charge is 0.183 e. The van der Waals surface area contributed by atoms with Crippen LogP contribution >= 0.6 is 11.8 Å². The molecule has 0 bridgehead atoms. The van der Waals surface area contributed by atoms with E-state index in [0.717, 1.165) is 11.1 Å². The van der Waals surface area contributed by atoms with E-state index in [4.69, 9.17) is 5.26 Å². The van der Waals surface area contributed by atoms with E-state index in [2.05, 4.69) is 15.3 Å². The van der Waals surface area contributed by atoms with Crippen LogP contribution in [0.1, 0.15) is 11.1 Å². The zero-order valence-electron chi connectivity index (χ0n) is 8.69. The topological polar surface area (TPSA) is 61.1 Å². The lowest BCUT2D eigenvalue weighted by Gasteiger charge is -2.02. The van der Waals surface area contributed by atoms with Crippen LogP contribution < -0.4 is 5.32 Å². The van der Waals surface area contributed by atoms with Crippen molar-refractivity contribution in [2.45, 2.75) is 13.5 Å². The number of nitrogens with one attached hydrogen (secondary N) is 1. The maximum atomic E-state index is 8.45. The second-order valence-electron chi connectivity index (χ2n) is 2.86. The highest BCUT2D eigenvalue weighted by Crippen LogP contribution is 2.07. The molecule has 0 aliphatic rings. The summed E-state index contributed by atoms with van der Waals surface area (Å²) >= 11 is 1.42. The molecule has 1 heterocycles. The Morgan fingerprint density at radius 3 is 3.13 bits per heavy atom. The first-order chi connectivity index (χ1) is 7.27. The van der Waals surface area contributed by atoms with Gasteiger partial charge in [-0.2, -0.15) is 5.26 Å². The highest BCUT2D eigenvalue weighted by atomic mass is 32.2. The molecule has 0 aliphatic carbocycles. The van der Waals surface area contributed by atoms with Gasteiger partial charge < -0.3 is 0 Å². The van der Waals surface area contributed by atoms with Crippen LogP contribution in [0.2, 0.25) is 0 Å². The lowest BCUT2D eigenvalue weighted by Crippen LogP contribution is -2.13. The van der Waals surface area contributed by atoms with E-state index in [1.165, 1.54) is 11.8 Å². The molecule has 0 spiro atoms. The standard InChI is InChI=1S/C10H12N4S/c1-8-3-4-12-5-9(8)6-13-10(15-2)14-7-11/h3-5H,6H2,1-2H3,(H,13,14). The quantitative estimate of drug-likeness (QED) is 0.356. The molecule has 0 unspecified atom stereocenters. The zero-order chi connectivity index (χ0) is 11.1. The van der Waals surface area contributed by atoms with Gasteiger partial charge in [-0.1, -0.05) is 11.8 Å². The van der Waals surface area contributed by atoms with Crippen LogP contribution in [-0.2, 0) is 6.54 Å². The van der Waals surface area contributed by atoms with E-state index in [-0.39, 0.29) is 0 Å². The summed E-state index contributed by atoms with van der Waals surface area (Å²) in [4.78, 5) is 8.30. The summed E-state index contributed by atoms with van der Waals surface area (Å²) in [6.07, 6.45) is 7.28. The number of aliphatic imine (C=N–C) groups is 1. The van der Waals surface area contributed by atoms with Crippen molar-refractivity contribution in [1.29, 1.82) is 5.26 Å². The second-order valence-corrected chi connectivity index (χ2v) is 3.66. The van der Waals surface area contributed by atoms with Crippen LogP contribution in [0.4, 0.5) is 0 Å². The molecular formula is C10H12N4S. The molecular weight excluding hydrogens is 208 g/mol. The van der Waals surface area contributed by atoms with Crippen LogP contribution in [0, 0.1) is 18.4 Å². The van der Waals surface area contributed by atoms with E-state index in [1.54, 1.807) is 12.4 Å². The molecule has 0 aromatic carbocycles. The number of amidine groups is 1. The van der Waals surface area contributed by atoms with E-state index in [0.29, 0.717) is 11.7 Å². The Balaban J connectivity index is 2.71. The van der Waals surface area contributed by atoms with Gasteiger partial charge in [0.15, 0.2) is 11.4 Å². The van der Waals surface area contributed by atoms with Gasteiger partial charge in [0.05, 0.1) is 6.54 Å². The predicted octanol–water partition coefficient (Wildman–Crippen LogP) is 1.68. The van der Waals surface area contributed by atoms with Crippen molar-refractivity contribution in [1.82, 2.24) is 10.3 Å². The number of aryl methyl sites for hydroxylation is 1. The van der Waals surface area contributed by atoms with Crippen LogP contribution in [0.15, 0.2) is 23.5 Å².